The van der Waals surface area contributed by atoms with E-state index < -0.39 is 4.92 Å². The van der Waals surface area contributed by atoms with E-state index in [-0.39, 0.29) is 30.6 Å². The molecule has 1 atom stereocenters. The molecule has 0 aliphatic heterocycles. The third kappa shape index (κ3) is 6.06. The average molecular weight is 387 g/mol. The minimum absolute atomic E-state index is 0.0348. The fraction of sp³-hybridized carbons (Fsp3) is 0.263. The number of nitro benzene ring substituents is 1. The van der Waals surface area contributed by atoms with Crippen molar-refractivity contribution in [3.63, 3.8) is 0 Å². The smallest absolute Gasteiger partial charge is 0.279 e. The third-order valence-corrected chi connectivity index (χ3v) is 3.97. The molecule has 0 aliphatic carbocycles. The number of amides is 2. The number of benzene rings is 2. The van der Waals surface area contributed by atoms with E-state index >= 15 is 0 Å². The van der Waals surface area contributed by atoms with Crippen LogP contribution in [0.15, 0.2) is 42.5 Å². The van der Waals surface area contributed by atoms with Crippen molar-refractivity contribution in [2.45, 2.75) is 6.92 Å². The topological polar surface area (TPSA) is 115 Å². The number of aryl methyl sites for hydroxylation is 1. The first-order chi connectivity index (χ1) is 13.3. The van der Waals surface area contributed by atoms with Gasteiger partial charge in [-0.15, -0.1) is 0 Å². The second kappa shape index (κ2) is 9.47. The largest absolute Gasteiger partial charge is 0.497 e. The molecule has 2 aromatic carbocycles. The number of hydrogen-bond donors (Lipinski definition) is 3. The Morgan fingerprint density at radius 3 is 2.39 bits per heavy atom. The molecule has 148 valence electrons. The number of nitro groups is 1. The summed E-state index contributed by atoms with van der Waals surface area (Å²) < 4.78 is 5.11. The summed E-state index contributed by atoms with van der Waals surface area (Å²) in [6.07, 6.45) is 0. The van der Waals surface area contributed by atoms with Crippen LogP contribution in [0, 0.1) is 17.0 Å². The van der Waals surface area contributed by atoms with Crippen LogP contribution < -0.4 is 20.3 Å². The van der Waals surface area contributed by atoms with E-state index in [0.717, 1.165) is 0 Å². The van der Waals surface area contributed by atoms with Gasteiger partial charge in [0.1, 0.15) is 5.75 Å². The Balaban J connectivity index is 1.86. The van der Waals surface area contributed by atoms with Gasteiger partial charge in [-0.05, 0) is 30.7 Å². The van der Waals surface area contributed by atoms with Gasteiger partial charge in [-0.1, -0.05) is 6.07 Å². The number of ether oxygens (including phenoxy) is 1. The Morgan fingerprint density at radius 1 is 1.11 bits per heavy atom. The molecule has 9 heteroatoms. The summed E-state index contributed by atoms with van der Waals surface area (Å²) >= 11 is 0. The molecule has 3 N–H and O–H groups in total. The monoisotopic (exact) mass is 387 g/mol. The molecule has 0 saturated heterocycles. The first-order valence-electron chi connectivity index (χ1n) is 8.58. The summed E-state index contributed by atoms with van der Waals surface area (Å²) in [4.78, 5) is 35.3. The predicted molar refractivity (Wildman–Crippen MR) is 105 cm³/mol. The SMILES string of the molecule is COc1cccc(NC(=O)C[NH+](C)CC(=O)Nc2ccc([N+](=O)[O-])cc2C)c1. The first-order valence-corrected chi connectivity index (χ1v) is 8.58. The molecule has 0 saturated carbocycles. The summed E-state index contributed by atoms with van der Waals surface area (Å²) in [5.41, 5.74) is 1.68. The van der Waals surface area contributed by atoms with Crippen LogP contribution in [0.1, 0.15) is 5.56 Å². The van der Waals surface area contributed by atoms with Crippen LogP contribution in [0.2, 0.25) is 0 Å². The Hall–Kier alpha value is -3.46. The number of likely N-dealkylation sites (N-methyl/N-ethyl adjacent to an activating group) is 1. The minimum Gasteiger partial charge on any atom is -0.497 e. The van der Waals surface area contributed by atoms with Crippen LogP contribution in [-0.4, -0.2) is 44.0 Å². The molecule has 0 spiro atoms. The predicted octanol–water partition coefficient (Wildman–Crippen LogP) is 1.00. The molecule has 0 aromatic heterocycles. The van der Waals surface area contributed by atoms with Gasteiger partial charge in [-0.3, -0.25) is 19.7 Å². The first kappa shape index (κ1) is 20.8. The minimum atomic E-state index is -0.489. The molecule has 2 rings (SSSR count). The van der Waals surface area contributed by atoms with Crippen molar-refractivity contribution in [3.8, 4) is 5.75 Å². The van der Waals surface area contributed by atoms with Crippen LogP contribution in [0.3, 0.4) is 0 Å². The molecule has 2 amide bonds. The molecule has 9 nitrogen and oxygen atoms in total. The zero-order valence-electron chi connectivity index (χ0n) is 15.9. The van der Waals surface area contributed by atoms with E-state index in [1.165, 1.54) is 18.2 Å². The highest BCUT2D eigenvalue weighted by Gasteiger charge is 2.16. The van der Waals surface area contributed by atoms with Gasteiger partial charge in [0, 0.05) is 29.6 Å². The van der Waals surface area contributed by atoms with Crippen molar-refractivity contribution in [1.82, 2.24) is 0 Å². The zero-order valence-corrected chi connectivity index (χ0v) is 15.9. The third-order valence-electron chi connectivity index (χ3n) is 3.97. The molecular formula is C19H23N4O5+. The zero-order chi connectivity index (χ0) is 20.7. The summed E-state index contributed by atoms with van der Waals surface area (Å²) in [6, 6.07) is 11.2. The summed E-state index contributed by atoms with van der Waals surface area (Å²) in [7, 11) is 3.28. The lowest BCUT2D eigenvalue weighted by Gasteiger charge is -2.14. The number of hydrogen-bond acceptors (Lipinski definition) is 5. The van der Waals surface area contributed by atoms with Crippen molar-refractivity contribution < 1.29 is 24.1 Å². The molecule has 0 bridgehead atoms. The summed E-state index contributed by atoms with van der Waals surface area (Å²) in [5, 5.41) is 16.2. The van der Waals surface area contributed by atoms with Crippen molar-refractivity contribution in [2.75, 3.05) is 37.9 Å². The normalized spacial score (nSPS) is 11.4. The number of nitrogens with zero attached hydrogens (tertiary/aromatic N) is 1. The average Bonchev–Trinajstić information content (AvgIpc) is 2.62. The van der Waals surface area contributed by atoms with Crippen molar-refractivity contribution >= 4 is 28.9 Å². The second-order valence-corrected chi connectivity index (χ2v) is 6.40. The fourth-order valence-corrected chi connectivity index (χ4v) is 2.61. The number of nitrogens with one attached hydrogen (secondary N) is 3. The number of quaternary nitrogens is 1. The summed E-state index contributed by atoms with van der Waals surface area (Å²) in [6.45, 7) is 1.85. The quantitative estimate of drug-likeness (QED) is 0.462. The second-order valence-electron chi connectivity index (χ2n) is 6.40. The Bertz CT molecular complexity index is 884. The van der Waals surface area contributed by atoms with Crippen molar-refractivity contribution in [2.24, 2.45) is 0 Å². The maximum Gasteiger partial charge on any atom is 0.279 e. The van der Waals surface area contributed by atoms with Crippen LogP contribution >= 0.6 is 0 Å². The molecule has 0 heterocycles. The van der Waals surface area contributed by atoms with Gasteiger partial charge in [-0.2, -0.15) is 0 Å². The van der Waals surface area contributed by atoms with E-state index in [1.807, 2.05) is 0 Å². The molecule has 0 radical (unpaired) electrons. The number of carbonyl (C=O) groups is 2. The standard InChI is InChI=1S/C19H22N4O5/c1-13-9-15(23(26)27)7-8-17(13)21-19(25)12-22(2)11-18(24)20-14-5-4-6-16(10-14)28-3/h4-10H,11-12H2,1-3H3,(H,20,24)(H,21,25)/p+1. The number of anilines is 2. The Morgan fingerprint density at radius 2 is 1.79 bits per heavy atom. The van der Waals surface area contributed by atoms with Gasteiger partial charge in [0.25, 0.3) is 17.5 Å². The van der Waals surface area contributed by atoms with Crippen LogP contribution in [0.5, 0.6) is 5.75 Å². The number of non-ortho nitro benzene ring substituents is 1. The van der Waals surface area contributed by atoms with Gasteiger partial charge in [0.15, 0.2) is 13.1 Å². The molecule has 2 aromatic rings. The lowest BCUT2D eigenvalue weighted by molar-refractivity contribution is -0.862. The highest BCUT2D eigenvalue weighted by Crippen LogP contribution is 2.21. The van der Waals surface area contributed by atoms with Crippen molar-refractivity contribution in [1.29, 1.82) is 0 Å². The van der Waals surface area contributed by atoms with Crippen molar-refractivity contribution in [3.05, 3.63) is 58.1 Å². The van der Waals surface area contributed by atoms with E-state index in [0.29, 0.717) is 27.6 Å². The maximum absolute atomic E-state index is 12.2. The van der Waals surface area contributed by atoms with Gasteiger partial charge in [-0.25, -0.2) is 0 Å². The molecule has 28 heavy (non-hydrogen) atoms. The van der Waals surface area contributed by atoms with E-state index in [9.17, 15) is 19.7 Å². The van der Waals surface area contributed by atoms with Crippen LogP contribution in [0.4, 0.5) is 17.1 Å². The molecule has 1 unspecified atom stereocenters. The van der Waals surface area contributed by atoms with E-state index in [1.54, 1.807) is 45.3 Å². The van der Waals surface area contributed by atoms with Gasteiger partial charge in [0.05, 0.1) is 19.1 Å². The molecular weight excluding hydrogens is 364 g/mol. The highest BCUT2D eigenvalue weighted by molar-refractivity contribution is 5.93. The van der Waals surface area contributed by atoms with Gasteiger partial charge >= 0.3 is 0 Å². The maximum atomic E-state index is 12.2. The van der Waals surface area contributed by atoms with E-state index in [2.05, 4.69) is 10.6 Å². The molecule has 0 aliphatic rings. The number of rotatable bonds is 8. The Kier molecular flexibility index (Phi) is 7.05. The van der Waals surface area contributed by atoms with Gasteiger partial charge in [0.2, 0.25) is 0 Å². The summed E-state index contributed by atoms with van der Waals surface area (Å²) in [5.74, 6) is 0.116. The fourth-order valence-electron chi connectivity index (χ4n) is 2.61. The molecule has 0 fully saturated rings. The van der Waals surface area contributed by atoms with Crippen LogP contribution in [0.25, 0.3) is 0 Å². The van der Waals surface area contributed by atoms with Crippen LogP contribution in [-0.2, 0) is 9.59 Å². The van der Waals surface area contributed by atoms with E-state index in [4.69, 9.17) is 4.74 Å². The number of methoxy groups -OCH3 is 1. The highest BCUT2D eigenvalue weighted by atomic mass is 16.6. The lowest BCUT2D eigenvalue weighted by Crippen LogP contribution is -3.11. The number of carbonyl (C=O) groups excluding carboxylic acids is 2. The lowest BCUT2D eigenvalue weighted by atomic mass is 10.2. The van der Waals surface area contributed by atoms with Gasteiger partial charge < -0.3 is 20.3 Å². The Labute approximate surface area is 162 Å².